The summed E-state index contributed by atoms with van der Waals surface area (Å²) in [5, 5.41) is 26.3. The zero-order chi connectivity index (χ0) is 77.4. The molecule has 1 aliphatic heterocycles. The van der Waals surface area contributed by atoms with Gasteiger partial charge in [-0.3, -0.25) is 57.5 Å². The number of carbonyl (C=O) groups is 12. The number of nitrogens with zero attached hydrogens (tertiary/aromatic N) is 7. The molecule has 13 atom stereocenters. The first kappa shape index (κ1) is 89.6. The number of likely N-dealkylation sites (N-methyl/N-ethyl adjacent to an activating group) is 7. The Hall–Kier alpha value is -7.52. The molecule has 0 saturated carbocycles. The highest BCUT2D eigenvalue weighted by Gasteiger charge is 2.46. The van der Waals surface area contributed by atoms with Crippen LogP contribution in [0.1, 0.15) is 172 Å². The van der Waals surface area contributed by atoms with E-state index in [0.29, 0.717) is 18.7 Å². The van der Waals surface area contributed by atoms with E-state index in [2.05, 4.69) is 26.6 Å². The monoisotopic (exact) mass is 1420 g/mol. The summed E-state index contributed by atoms with van der Waals surface area (Å²) in [4.78, 5) is 187. The molecular weight excluding hydrogens is 1290 g/mol. The van der Waals surface area contributed by atoms with Crippen LogP contribution >= 0.6 is 0 Å². The molecule has 1 unspecified atom stereocenters. The van der Waals surface area contributed by atoms with Crippen molar-refractivity contribution in [3.8, 4) is 0 Å². The zero-order valence-electron chi connectivity index (χ0n) is 65.2. The van der Waals surface area contributed by atoms with Crippen LogP contribution in [0.2, 0.25) is 0 Å². The summed E-state index contributed by atoms with van der Waals surface area (Å²) in [6, 6.07) is -8.07. The highest BCUT2D eigenvalue weighted by molar-refractivity contribution is 6.00. The molecule has 1 aliphatic rings. The Morgan fingerprint density at radius 2 is 0.950 bits per heavy atom. The summed E-state index contributed by atoms with van der Waals surface area (Å²) in [6.45, 7) is 30.8. The summed E-state index contributed by atoms with van der Waals surface area (Å²) in [6.07, 6.45) is 2.45. The lowest BCUT2D eigenvalue weighted by Gasteiger charge is -2.41. The first-order valence-corrected chi connectivity index (χ1v) is 36.1. The van der Waals surface area contributed by atoms with E-state index in [1.807, 2.05) is 55.4 Å². The first-order valence-electron chi connectivity index (χ1n) is 36.1. The Bertz CT molecular complexity index is 2960. The van der Waals surface area contributed by atoms with Gasteiger partial charge in [0.15, 0.2) is 0 Å². The largest absolute Gasteiger partial charge is 0.390 e. The van der Waals surface area contributed by atoms with Crippen molar-refractivity contribution in [3.63, 3.8) is 0 Å². The minimum atomic E-state index is -1.69. The summed E-state index contributed by atoms with van der Waals surface area (Å²) >= 11 is 0. The van der Waals surface area contributed by atoms with Gasteiger partial charge < -0.3 is 76.5 Å². The van der Waals surface area contributed by atoms with Crippen molar-refractivity contribution in [1.29, 1.82) is 0 Å². The lowest BCUT2D eigenvalue weighted by Crippen LogP contribution is -2.64. The number of hydrogen-bond donors (Lipinski definition) is 7. The third-order valence-electron chi connectivity index (χ3n) is 18.8. The van der Waals surface area contributed by atoms with E-state index < -0.39 is 161 Å². The van der Waals surface area contributed by atoms with Crippen molar-refractivity contribution >= 4 is 70.9 Å². The molecule has 2 rings (SSSR count). The minimum absolute atomic E-state index is 0.0666. The van der Waals surface area contributed by atoms with Crippen LogP contribution in [-0.2, 0) is 63.9 Å². The van der Waals surface area contributed by atoms with Gasteiger partial charge in [0.1, 0.15) is 66.5 Å². The van der Waals surface area contributed by atoms with Gasteiger partial charge in [-0.05, 0) is 118 Å². The van der Waals surface area contributed by atoms with Gasteiger partial charge in [-0.25, -0.2) is 0 Å². The van der Waals surface area contributed by atoms with Crippen LogP contribution in [0.15, 0.2) is 36.4 Å². The van der Waals surface area contributed by atoms with E-state index >= 15 is 33.6 Å². The third kappa shape index (κ3) is 25.7. The number of aliphatic hydroxyl groups excluding tert-OH is 1. The molecule has 0 bridgehead atoms. The Kier molecular flexibility index (Phi) is 37.4. The predicted octanol–water partition coefficient (Wildman–Crippen LogP) is 3.59. The van der Waals surface area contributed by atoms with Gasteiger partial charge in [-0.2, -0.15) is 0 Å². The van der Waals surface area contributed by atoms with Gasteiger partial charge in [0.05, 0.1) is 19.3 Å². The second-order valence-corrected chi connectivity index (χ2v) is 29.9. The van der Waals surface area contributed by atoms with Crippen molar-refractivity contribution < 1.29 is 67.4 Å². The van der Waals surface area contributed by atoms with Crippen molar-refractivity contribution in [2.24, 2.45) is 47.2 Å². The molecule has 27 nitrogen and oxygen atoms in total. The van der Waals surface area contributed by atoms with Gasteiger partial charge in [0.25, 0.3) is 5.91 Å². The molecule has 1 aromatic carbocycles. The van der Waals surface area contributed by atoms with Crippen molar-refractivity contribution in [2.45, 2.75) is 235 Å². The summed E-state index contributed by atoms with van der Waals surface area (Å²) in [5.74, 6) is -11.0. The van der Waals surface area contributed by atoms with E-state index in [4.69, 9.17) is 10.5 Å². The summed E-state index contributed by atoms with van der Waals surface area (Å²) < 4.78 is 5.40. The van der Waals surface area contributed by atoms with Crippen LogP contribution in [0, 0.1) is 41.4 Å². The topological polar surface area (TPSA) is 343 Å². The first-order chi connectivity index (χ1) is 47.0. The number of rotatable bonds is 23. The van der Waals surface area contributed by atoms with Gasteiger partial charge in [0.2, 0.25) is 65.0 Å². The zero-order valence-corrected chi connectivity index (χ0v) is 65.2. The molecule has 101 heavy (non-hydrogen) atoms. The second kappa shape index (κ2) is 42.2. The average Bonchev–Trinajstić information content (AvgIpc) is 0.808. The molecule has 1 heterocycles. The molecule has 12 amide bonds. The van der Waals surface area contributed by atoms with E-state index in [9.17, 15) is 29.1 Å². The van der Waals surface area contributed by atoms with E-state index in [-0.39, 0.29) is 87.3 Å². The van der Waals surface area contributed by atoms with E-state index in [1.54, 1.807) is 84.9 Å². The average molecular weight is 1420 g/mol. The lowest BCUT2D eigenvalue weighted by molar-refractivity contribution is -0.157. The summed E-state index contributed by atoms with van der Waals surface area (Å²) in [5.41, 5.74) is 6.31. The van der Waals surface area contributed by atoms with Crippen molar-refractivity contribution in [1.82, 2.24) is 60.9 Å². The Morgan fingerprint density at radius 3 is 1.43 bits per heavy atom. The third-order valence-corrected chi connectivity index (χ3v) is 18.8. The van der Waals surface area contributed by atoms with Gasteiger partial charge in [0, 0.05) is 74.4 Å². The van der Waals surface area contributed by atoms with Crippen molar-refractivity contribution in [2.75, 3.05) is 75.6 Å². The van der Waals surface area contributed by atoms with Crippen molar-refractivity contribution in [3.05, 3.63) is 47.5 Å². The maximum absolute atomic E-state index is 15.6. The van der Waals surface area contributed by atoms with E-state index in [0.717, 1.165) is 4.90 Å². The lowest BCUT2D eigenvalue weighted by atomic mass is 9.91. The number of ether oxygens (including phenoxy) is 1. The fourth-order valence-corrected chi connectivity index (χ4v) is 12.6. The maximum Gasteiger partial charge on any atom is 0.251 e. The van der Waals surface area contributed by atoms with Crippen LogP contribution in [-0.4, -0.2) is 258 Å². The van der Waals surface area contributed by atoms with Crippen LogP contribution in [0.25, 0.3) is 0 Å². The predicted molar refractivity (Wildman–Crippen MR) is 390 cm³/mol. The maximum atomic E-state index is 15.6. The number of amides is 12. The molecule has 1 saturated heterocycles. The molecule has 0 aromatic heterocycles. The number of nitrogens with two attached hydrogens (primary N) is 1. The molecule has 572 valence electrons. The Labute approximate surface area is 602 Å². The van der Waals surface area contributed by atoms with Crippen LogP contribution in [0.4, 0.5) is 0 Å². The number of nitrogens with one attached hydrogen (secondary N) is 5. The second-order valence-electron chi connectivity index (χ2n) is 29.9. The van der Waals surface area contributed by atoms with Crippen LogP contribution in [0.5, 0.6) is 0 Å². The highest BCUT2D eigenvalue weighted by Crippen LogP contribution is 2.27. The molecule has 0 aliphatic carbocycles. The molecule has 8 N–H and O–H groups in total. The number of allylic oxidation sites excluding steroid dienone is 2. The fourth-order valence-electron chi connectivity index (χ4n) is 12.6. The number of benzene rings is 1. The molecule has 1 aromatic rings. The number of aliphatic hydroxyl groups is 1. The number of hydrogen-bond acceptors (Lipinski definition) is 15. The van der Waals surface area contributed by atoms with Crippen LogP contribution < -0.4 is 32.3 Å². The highest BCUT2D eigenvalue weighted by atomic mass is 16.5. The molecule has 1 fully saturated rings. The normalized spacial score (nSPS) is 25.2. The Balaban J connectivity index is 3.17. The molecule has 27 heteroatoms. The smallest absolute Gasteiger partial charge is 0.251 e. The minimum Gasteiger partial charge on any atom is -0.390 e. The standard InChI is InChI=1S/C74H127N13O14/c1-25-27-28-48(15)62(88)61-67(93)79-53(26-2)69(95)84(21)58(41-51-29-31-52(32-30-51)64(90)76-34-36-101-35-33-75)71(97)81(18)55(38-43(5)6)66(92)80-59(46(11)12)73(99)82(19)54(37-42(3)4)65(91)77-49(16)63(89)78-50(17)68(94)83(20)56(39-44(7)8)70(96)85(22)57(40-45(9)10)72(98)86(23)60(47(13)14)74(100)87(61)24/h25,27,29-32,42-50,53-62,88H,26,28,33-41,75H2,1-24H3,(H,76,90)(H,77,91)(H,78,89)(H,79,93)(H,80,92)/t48-,49+,50-,53+,54+,55+,56+,57+,58?,59+,60+,61+,62-/m1/s1. The van der Waals surface area contributed by atoms with Gasteiger partial charge >= 0.3 is 0 Å². The SMILES string of the molecule is CC=CC[C@@H](C)[C@@H](O)[C@H]1C(=O)N[C@@H](CC)C(=O)N(C)C(Cc2ccc(C(=O)NCCOCCN)cc2)C(=O)N(C)[C@@H](CC(C)C)C(=O)N[C@@H](C(C)C)C(=O)N(C)[C@@H](CC(C)C)C(=O)N[C@@H](C)C(=O)N[C@H](C)C(=O)N(C)[C@@H](CC(C)C)C(=O)N(C)[C@@H](CC(C)C)C(=O)N(C)[C@@H](C(C)C)C(=O)N1C. The van der Waals surface area contributed by atoms with Crippen LogP contribution in [0.3, 0.4) is 0 Å². The quantitative estimate of drug-likeness (QED) is 0.0608. The van der Waals surface area contributed by atoms with E-state index in [1.165, 1.54) is 92.6 Å². The molecule has 0 spiro atoms. The van der Waals surface area contributed by atoms with Gasteiger partial charge in [-0.1, -0.05) is 121 Å². The molecular formula is C74H127N13O14. The fraction of sp³-hybridized carbons (Fsp3) is 0.730. The summed E-state index contributed by atoms with van der Waals surface area (Å²) in [7, 11) is 9.88. The van der Waals surface area contributed by atoms with Gasteiger partial charge in [-0.15, -0.1) is 0 Å². The number of carbonyl (C=O) groups excluding carboxylic acids is 12. The Morgan fingerprint density at radius 1 is 0.515 bits per heavy atom. The molecule has 0 radical (unpaired) electrons.